The van der Waals surface area contributed by atoms with Crippen LogP contribution in [0.4, 0.5) is 0 Å². The van der Waals surface area contributed by atoms with Crippen molar-refractivity contribution in [3.05, 3.63) is 35.4 Å². The Morgan fingerprint density at radius 2 is 2.04 bits per heavy atom. The lowest BCUT2D eigenvalue weighted by atomic mass is 10.1. The molecule has 2 rings (SSSR count). The highest BCUT2D eigenvalue weighted by molar-refractivity contribution is 5.98. The fourth-order valence-electron chi connectivity index (χ4n) is 2.70. The first kappa shape index (κ1) is 17.9. The first-order chi connectivity index (χ1) is 11.3. The SMILES string of the molecule is CC(C)CN1C(=O)[C@H](ONC(=O)c2cccc(C(N)=O)c2)CC1C. The molecule has 3 N–H and O–H groups in total. The van der Waals surface area contributed by atoms with E-state index < -0.39 is 17.9 Å². The van der Waals surface area contributed by atoms with E-state index in [0.717, 1.165) is 0 Å². The maximum atomic E-state index is 12.3. The number of hydrogen-bond acceptors (Lipinski definition) is 4. The van der Waals surface area contributed by atoms with Crippen LogP contribution in [0, 0.1) is 5.92 Å². The fraction of sp³-hybridized carbons (Fsp3) is 0.471. The van der Waals surface area contributed by atoms with Crippen molar-refractivity contribution in [3.8, 4) is 0 Å². The van der Waals surface area contributed by atoms with Crippen molar-refractivity contribution >= 4 is 17.7 Å². The van der Waals surface area contributed by atoms with Gasteiger partial charge in [-0.05, 0) is 31.0 Å². The number of benzene rings is 1. The second kappa shape index (κ2) is 7.44. The van der Waals surface area contributed by atoms with Crippen LogP contribution in [0.3, 0.4) is 0 Å². The lowest BCUT2D eigenvalue weighted by molar-refractivity contribution is -0.141. The Hall–Kier alpha value is -2.41. The average Bonchev–Trinajstić information content (AvgIpc) is 2.79. The molecule has 0 radical (unpaired) electrons. The van der Waals surface area contributed by atoms with Crippen LogP contribution in [0.25, 0.3) is 0 Å². The topological polar surface area (TPSA) is 102 Å². The zero-order valence-corrected chi connectivity index (χ0v) is 14.1. The van der Waals surface area contributed by atoms with Crippen molar-refractivity contribution in [2.24, 2.45) is 11.7 Å². The molecule has 1 aromatic carbocycles. The van der Waals surface area contributed by atoms with Gasteiger partial charge in [0.2, 0.25) is 5.91 Å². The zero-order chi connectivity index (χ0) is 17.9. The number of nitrogens with one attached hydrogen (secondary N) is 1. The summed E-state index contributed by atoms with van der Waals surface area (Å²) in [6.07, 6.45) is -0.172. The summed E-state index contributed by atoms with van der Waals surface area (Å²) in [5.74, 6) is -0.903. The lowest BCUT2D eigenvalue weighted by Crippen LogP contribution is -2.38. The van der Waals surface area contributed by atoms with Crippen LogP contribution in [0.1, 0.15) is 47.9 Å². The summed E-state index contributed by atoms with van der Waals surface area (Å²) in [5.41, 5.74) is 7.96. The van der Waals surface area contributed by atoms with E-state index in [1.54, 1.807) is 11.0 Å². The highest BCUT2D eigenvalue weighted by Gasteiger charge is 2.38. The number of hydroxylamine groups is 1. The van der Waals surface area contributed by atoms with Gasteiger partial charge in [-0.25, -0.2) is 5.48 Å². The van der Waals surface area contributed by atoms with Crippen LogP contribution in [0.15, 0.2) is 24.3 Å². The quantitative estimate of drug-likeness (QED) is 0.761. The predicted octanol–water partition coefficient (Wildman–Crippen LogP) is 1.09. The summed E-state index contributed by atoms with van der Waals surface area (Å²) in [6.45, 7) is 6.71. The van der Waals surface area contributed by atoms with Crippen molar-refractivity contribution in [2.45, 2.75) is 39.3 Å². The summed E-state index contributed by atoms with van der Waals surface area (Å²) >= 11 is 0. The molecule has 0 aromatic heterocycles. The van der Waals surface area contributed by atoms with Crippen LogP contribution in [0.5, 0.6) is 0 Å². The molecular formula is C17H23N3O4. The second-order valence-corrected chi connectivity index (χ2v) is 6.45. The molecule has 1 unspecified atom stereocenters. The summed E-state index contributed by atoms with van der Waals surface area (Å²) in [7, 11) is 0. The molecule has 0 saturated carbocycles. The van der Waals surface area contributed by atoms with E-state index in [-0.39, 0.29) is 23.1 Å². The summed E-state index contributed by atoms with van der Waals surface area (Å²) in [5, 5.41) is 0. The van der Waals surface area contributed by atoms with Gasteiger partial charge in [-0.15, -0.1) is 0 Å². The monoisotopic (exact) mass is 333 g/mol. The Balaban J connectivity index is 1.96. The standard InChI is InChI=1S/C17H23N3O4/c1-10(2)9-20-11(3)7-14(17(20)23)24-19-16(22)13-6-4-5-12(8-13)15(18)21/h4-6,8,10-11,14H,7,9H2,1-3H3,(H2,18,21)(H,19,22)/t11?,14-/m1/s1. The van der Waals surface area contributed by atoms with Crippen LogP contribution < -0.4 is 11.2 Å². The smallest absolute Gasteiger partial charge is 0.274 e. The largest absolute Gasteiger partial charge is 0.366 e. The number of rotatable bonds is 6. The molecule has 0 aliphatic carbocycles. The minimum atomic E-state index is -0.693. The molecule has 24 heavy (non-hydrogen) atoms. The van der Waals surface area contributed by atoms with Gasteiger partial charge < -0.3 is 10.6 Å². The fourth-order valence-corrected chi connectivity index (χ4v) is 2.70. The van der Waals surface area contributed by atoms with Crippen LogP contribution >= 0.6 is 0 Å². The van der Waals surface area contributed by atoms with E-state index in [2.05, 4.69) is 5.48 Å². The zero-order valence-electron chi connectivity index (χ0n) is 14.1. The number of carbonyl (C=O) groups excluding carboxylic acids is 3. The number of nitrogens with zero attached hydrogens (tertiary/aromatic N) is 1. The first-order valence-corrected chi connectivity index (χ1v) is 7.96. The van der Waals surface area contributed by atoms with Crippen molar-refractivity contribution in [1.82, 2.24) is 10.4 Å². The molecule has 0 bridgehead atoms. The summed E-state index contributed by atoms with van der Waals surface area (Å²) in [4.78, 5) is 42.7. The number of nitrogens with two attached hydrogens (primary N) is 1. The van der Waals surface area contributed by atoms with E-state index >= 15 is 0 Å². The maximum Gasteiger partial charge on any atom is 0.274 e. The van der Waals surface area contributed by atoms with Gasteiger partial charge in [0.15, 0.2) is 6.10 Å². The first-order valence-electron chi connectivity index (χ1n) is 7.96. The lowest BCUT2D eigenvalue weighted by Gasteiger charge is -2.23. The molecule has 1 aliphatic rings. The average molecular weight is 333 g/mol. The Morgan fingerprint density at radius 3 is 2.67 bits per heavy atom. The van der Waals surface area contributed by atoms with Gasteiger partial charge in [0.1, 0.15) is 0 Å². The van der Waals surface area contributed by atoms with E-state index in [1.165, 1.54) is 18.2 Å². The Labute approximate surface area is 141 Å². The molecule has 130 valence electrons. The molecule has 0 spiro atoms. The van der Waals surface area contributed by atoms with Crippen molar-refractivity contribution < 1.29 is 19.2 Å². The number of likely N-dealkylation sites (tertiary alicyclic amines) is 1. The Morgan fingerprint density at radius 1 is 1.38 bits per heavy atom. The van der Waals surface area contributed by atoms with Crippen LogP contribution in [0.2, 0.25) is 0 Å². The molecule has 3 amide bonds. The minimum Gasteiger partial charge on any atom is -0.366 e. The van der Waals surface area contributed by atoms with E-state index in [9.17, 15) is 14.4 Å². The van der Waals surface area contributed by atoms with Gasteiger partial charge >= 0.3 is 0 Å². The molecule has 1 aromatic rings. The maximum absolute atomic E-state index is 12.3. The van der Waals surface area contributed by atoms with E-state index in [1.807, 2.05) is 20.8 Å². The van der Waals surface area contributed by atoms with Gasteiger partial charge in [-0.2, -0.15) is 0 Å². The van der Waals surface area contributed by atoms with Crippen molar-refractivity contribution in [1.29, 1.82) is 0 Å². The van der Waals surface area contributed by atoms with Gasteiger partial charge in [0.25, 0.3) is 11.8 Å². The summed E-state index contributed by atoms with van der Waals surface area (Å²) < 4.78 is 0. The molecule has 1 heterocycles. The van der Waals surface area contributed by atoms with Crippen LogP contribution in [-0.4, -0.2) is 41.3 Å². The molecular weight excluding hydrogens is 310 g/mol. The normalized spacial score (nSPS) is 20.5. The highest BCUT2D eigenvalue weighted by atomic mass is 16.7. The van der Waals surface area contributed by atoms with Crippen molar-refractivity contribution in [3.63, 3.8) is 0 Å². The molecule has 1 aliphatic heterocycles. The second-order valence-electron chi connectivity index (χ2n) is 6.45. The number of carbonyl (C=O) groups is 3. The van der Waals surface area contributed by atoms with Crippen molar-refractivity contribution in [2.75, 3.05) is 6.54 Å². The molecule has 2 atom stereocenters. The van der Waals surface area contributed by atoms with E-state index in [4.69, 9.17) is 10.6 Å². The number of primary amides is 1. The summed E-state index contributed by atoms with van der Waals surface area (Å²) in [6, 6.07) is 6.06. The van der Waals surface area contributed by atoms with Gasteiger partial charge in [0.05, 0.1) is 0 Å². The third-order valence-corrected chi connectivity index (χ3v) is 3.91. The molecule has 1 saturated heterocycles. The third kappa shape index (κ3) is 4.11. The molecule has 7 heteroatoms. The van der Waals surface area contributed by atoms with E-state index in [0.29, 0.717) is 18.9 Å². The molecule has 7 nitrogen and oxygen atoms in total. The number of amides is 3. The molecule has 1 fully saturated rings. The minimum absolute atomic E-state index is 0.0694. The third-order valence-electron chi connectivity index (χ3n) is 3.91. The van der Waals surface area contributed by atoms with Gasteiger partial charge in [-0.3, -0.25) is 19.2 Å². The van der Waals surface area contributed by atoms with Gasteiger partial charge in [-0.1, -0.05) is 19.9 Å². The van der Waals surface area contributed by atoms with Gasteiger partial charge in [0, 0.05) is 30.1 Å². The number of hydrogen-bond donors (Lipinski definition) is 2. The highest BCUT2D eigenvalue weighted by Crippen LogP contribution is 2.22. The Bertz CT molecular complexity index is 644. The predicted molar refractivity (Wildman–Crippen MR) is 87.9 cm³/mol. The Kier molecular flexibility index (Phi) is 5.56. The van der Waals surface area contributed by atoms with Crippen LogP contribution in [-0.2, 0) is 9.63 Å².